The molecule has 10 heteroatoms. The van der Waals surface area contributed by atoms with Gasteiger partial charge in [0.05, 0.1) is 18.8 Å². The maximum Gasteiger partial charge on any atom is 0.299 e. The van der Waals surface area contributed by atoms with Gasteiger partial charge >= 0.3 is 0 Å². The van der Waals surface area contributed by atoms with Crippen LogP contribution in [0.5, 0.6) is 6.01 Å². The second kappa shape index (κ2) is 10.3. The molecule has 0 radical (unpaired) electrons. The maximum absolute atomic E-state index is 6.27. The third-order valence-corrected chi connectivity index (χ3v) is 6.88. The van der Waals surface area contributed by atoms with Crippen LogP contribution in [0.15, 0.2) is 24.9 Å². The average Bonchev–Trinajstić information content (AvgIpc) is 3.09. The van der Waals surface area contributed by atoms with Crippen molar-refractivity contribution in [1.29, 1.82) is 0 Å². The first kappa shape index (κ1) is 24.7. The van der Waals surface area contributed by atoms with Gasteiger partial charge in [-0.05, 0) is 31.5 Å². The summed E-state index contributed by atoms with van der Waals surface area (Å²) in [6, 6.07) is 5.55. The number of aromatic nitrogens is 5. The van der Waals surface area contributed by atoms with Crippen LogP contribution in [0.4, 0.5) is 5.82 Å². The summed E-state index contributed by atoms with van der Waals surface area (Å²) in [5, 5.41) is 0. The highest BCUT2D eigenvalue weighted by Gasteiger charge is 2.20. The summed E-state index contributed by atoms with van der Waals surface area (Å²) in [5.74, 6) is 0.716. The lowest BCUT2D eigenvalue weighted by Crippen LogP contribution is -2.25. The number of hydrogen-bond acceptors (Lipinski definition) is 8. The molecule has 178 valence electrons. The molecule has 2 N–H and O–H groups in total. The number of nitrogen functional groups attached to an aromatic ring is 1. The van der Waals surface area contributed by atoms with E-state index in [1.54, 1.807) is 0 Å². The summed E-state index contributed by atoms with van der Waals surface area (Å²) in [4.78, 5) is 20.0. The van der Waals surface area contributed by atoms with Crippen molar-refractivity contribution in [1.82, 2.24) is 29.4 Å². The fourth-order valence-corrected chi connectivity index (χ4v) is 3.87. The number of pyridine rings is 1. The van der Waals surface area contributed by atoms with Gasteiger partial charge in [0.25, 0.3) is 6.01 Å². The number of nitrogens with zero attached hydrogens (tertiary/aromatic N) is 6. The second-order valence-corrected chi connectivity index (χ2v) is 14.9. The Morgan fingerprint density at radius 1 is 1.21 bits per heavy atom. The minimum absolute atomic E-state index is 0.283. The van der Waals surface area contributed by atoms with Crippen molar-refractivity contribution in [3.63, 3.8) is 0 Å². The van der Waals surface area contributed by atoms with Crippen LogP contribution in [0.1, 0.15) is 24.0 Å². The molecule has 3 heterocycles. The average molecular weight is 470 g/mol. The topological polar surface area (TPSA) is 104 Å². The smallest absolute Gasteiger partial charge is 0.299 e. The molecule has 0 aliphatic rings. The van der Waals surface area contributed by atoms with Crippen LogP contribution in [0.2, 0.25) is 25.7 Å². The summed E-state index contributed by atoms with van der Waals surface area (Å²) in [6.45, 7) is 17.1. The molecule has 0 spiro atoms. The monoisotopic (exact) mass is 469 g/mol. The summed E-state index contributed by atoms with van der Waals surface area (Å²) in [5.41, 5.74) is 9.96. The number of imidazole rings is 1. The van der Waals surface area contributed by atoms with Gasteiger partial charge in [-0.1, -0.05) is 32.3 Å². The van der Waals surface area contributed by atoms with E-state index < -0.39 is 8.07 Å². The van der Waals surface area contributed by atoms with E-state index in [1.807, 2.05) is 48.7 Å². The standard InChI is InChI=1S/C23H35N7O2Si/c1-8-32-23-26-19-20(24)27-21(17(3)29(4)15-31-11-12-33(5,6)7)28-22(19)30(23)14-18-10-9-16(2)25-13-18/h9-10,13H,3,8,11-12,14-15H2,1-2,4-7H3,(H2,24,27,28). The van der Waals surface area contributed by atoms with Crippen LogP contribution >= 0.6 is 0 Å². The minimum Gasteiger partial charge on any atom is -0.465 e. The van der Waals surface area contributed by atoms with Gasteiger partial charge in [0.1, 0.15) is 6.73 Å². The van der Waals surface area contributed by atoms with Crippen molar-refractivity contribution >= 4 is 30.8 Å². The van der Waals surface area contributed by atoms with Gasteiger partial charge in [0, 0.05) is 33.6 Å². The number of rotatable bonds is 11. The van der Waals surface area contributed by atoms with E-state index in [-0.39, 0.29) is 5.82 Å². The second-order valence-electron chi connectivity index (χ2n) is 9.32. The van der Waals surface area contributed by atoms with Gasteiger partial charge in [-0.25, -0.2) is 9.97 Å². The molecule has 3 aromatic heterocycles. The third kappa shape index (κ3) is 6.29. The zero-order chi connectivity index (χ0) is 24.2. The highest BCUT2D eigenvalue weighted by Crippen LogP contribution is 2.27. The normalized spacial score (nSPS) is 11.7. The van der Waals surface area contributed by atoms with Crippen molar-refractivity contribution in [2.45, 2.75) is 46.1 Å². The molecule has 0 bridgehead atoms. The van der Waals surface area contributed by atoms with Crippen LogP contribution in [-0.2, 0) is 11.3 Å². The Bertz CT molecular complexity index is 1110. The molecule has 3 aromatic rings. The Kier molecular flexibility index (Phi) is 7.70. The molecular weight excluding hydrogens is 434 g/mol. The number of nitrogens with two attached hydrogens (primary N) is 1. The Morgan fingerprint density at radius 2 is 1.97 bits per heavy atom. The molecule has 0 atom stereocenters. The summed E-state index contributed by atoms with van der Waals surface area (Å²) < 4.78 is 13.5. The molecule has 0 fully saturated rings. The predicted molar refractivity (Wildman–Crippen MR) is 135 cm³/mol. The Labute approximate surface area is 196 Å². The van der Waals surface area contributed by atoms with Crippen molar-refractivity contribution < 1.29 is 9.47 Å². The lowest BCUT2D eigenvalue weighted by Gasteiger charge is -2.22. The highest BCUT2D eigenvalue weighted by atomic mass is 28.3. The van der Waals surface area contributed by atoms with Crippen LogP contribution in [0.3, 0.4) is 0 Å². The SMILES string of the molecule is C=C(c1nc(N)c2nc(OCC)n(Cc3ccc(C)nc3)c2n1)N(C)COCC[Si](C)(C)C. The van der Waals surface area contributed by atoms with Gasteiger partial charge in [-0.2, -0.15) is 4.98 Å². The number of ether oxygens (including phenoxy) is 2. The van der Waals surface area contributed by atoms with E-state index in [9.17, 15) is 0 Å². The van der Waals surface area contributed by atoms with E-state index in [1.165, 1.54) is 0 Å². The maximum atomic E-state index is 6.27. The molecular formula is C23H35N7O2Si. The molecule has 0 amide bonds. The molecule has 0 aliphatic carbocycles. The number of hydrogen-bond donors (Lipinski definition) is 1. The first-order valence-electron chi connectivity index (χ1n) is 11.1. The zero-order valence-corrected chi connectivity index (χ0v) is 21.6. The van der Waals surface area contributed by atoms with E-state index in [4.69, 9.17) is 20.2 Å². The molecule has 33 heavy (non-hydrogen) atoms. The summed E-state index contributed by atoms with van der Waals surface area (Å²) in [7, 11) is 0.766. The Hall–Kier alpha value is -2.98. The van der Waals surface area contributed by atoms with Crippen molar-refractivity contribution in [3.05, 3.63) is 42.0 Å². The molecule has 0 unspecified atom stereocenters. The minimum atomic E-state index is -1.14. The van der Waals surface area contributed by atoms with Crippen molar-refractivity contribution in [2.24, 2.45) is 0 Å². The molecule has 0 saturated carbocycles. The largest absolute Gasteiger partial charge is 0.465 e. The predicted octanol–water partition coefficient (Wildman–Crippen LogP) is 3.77. The molecule has 9 nitrogen and oxygen atoms in total. The Balaban J connectivity index is 1.87. The quantitative estimate of drug-likeness (QED) is 0.257. The lowest BCUT2D eigenvalue weighted by atomic mass is 10.2. The van der Waals surface area contributed by atoms with Crippen LogP contribution in [0.25, 0.3) is 16.9 Å². The third-order valence-electron chi connectivity index (χ3n) is 5.17. The highest BCUT2D eigenvalue weighted by molar-refractivity contribution is 6.76. The van der Waals surface area contributed by atoms with Gasteiger partial charge in [0.15, 0.2) is 22.8 Å². The van der Waals surface area contributed by atoms with Gasteiger partial charge in [0.2, 0.25) is 0 Å². The summed E-state index contributed by atoms with van der Waals surface area (Å²) >= 11 is 0. The first-order valence-corrected chi connectivity index (χ1v) is 14.9. The van der Waals surface area contributed by atoms with E-state index in [0.29, 0.717) is 48.6 Å². The van der Waals surface area contributed by atoms with Crippen molar-refractivity contribution in [3.8, 4) is 6.01 Å². The van der Waals surface area contributed by atoms with E-state index in [0.717, 1.165) is 23.9 Å². The van der Waals surface area contributed by atoms with Gasteiger partial charge in [-0.15, -0.1) is 0 Å². The number of anilines is 1. The van der Waals surface area contributed by atoms with E-state index in [2.05, 4.69) is 41.2 Å². The molecule has 3 rings (SSSR count). The molecule has 0 aliphatic heterocycles. The van der Waals surface area contributed by atoms with Crippen LogP contribution in [-0.4, -0.2) is 64.5 Å². The van der Waals surface area contributed by atoms with Crippen molar-refractivity contribution in [2.75, 3.05) is 32.7 Å². The van der Waals surface area contributed by atoms with E-state index >= 15 is 0 Å². The fourth-order valence-electron chi connectivity index (χ4n) is 3.12. The first-order chi connectivity index (χ1) is 15.6. The Morgan fingerprint density at radius 3 is 2.61 bits per heavy atom. The molecule has 0 aromatic carbocycles. The van der Waals surface area contributed by atoms with Crippen LogP contribution < -0.4 is 10.5 Å². The van der Waals surface area contributed by atoms with Crippen LogP contribution in [0, 0.1) is 6.92 Å². The zero-order valence-electron chi connectivity index (χ0n) is 20.6. The summed E-state index contributed by atoms with van der Waals surface area (Å²) in [6.07, 6.45) is 1.84. The fraction of sp³-hybridized carbons (Fsp3) is 0.478. The van der Waals surface area contributed by atoms with Gasteiger partial charge in [-0.3, -0.25) is 9.55 Å². The number of fused-ring (bicyclic) bond motifs is 1. The molecule has 0 saturated heterocycles. The van der Waals surface area contributed by atoms with Gasteiger partial charge < -0.3 is 20.1 Å². The number of aryl methyl sites for hydroxylation is 1. The lowest BCUT2D eigenvalue weighted by molar-refractivity contribution is 0.0800.